The van der Waals surface area contributed by atoms with Crippen LogP contribution < -0.4 is 10.8 Å². The summed E-state index contributed by atoms with van der Waals surface area (Å²) in [5.41, 5.74) is 6.05. The van der Waals surface area contributed by atoms with Crippen molar-refractivity contribution in [2.24, 2.45) is 10.7 Å². The molecule has 0 saturated heterocycles. The van der Waals surface area contributed by atoms with Crippen LogP contribution in [0.4, 0.5) is 0 Å². The molecule has 0 aromatic rings. The topological polar surface area (TPSA) is 78.5 Å². The molecule has 2 N–H and O–H groups in total. The van der Waals surface area contributed by atoms with Crippen LogP contribution in [0.2, 0.25) is 0 Å². The Balaban J connectivity index is 2.11. The molecular formula is C23H41N3O2. The highest BCUT2D eigenvalue weighted by molar-refractivity contribution is 5.82. The fourth-order valence-corrected chi connectivity index (χ4v) is 3.76. The van der Waals surface area contributed by atoms with E-state index in [2.05, 4.69) is 24.1 Å². The van der Waals surface area contributed by atoms with E-state index >= 15 is 0 Å². The molecule has 5 nitrogen and oxygen atoms in total. The van der Waals surface area contributed by atoms with Gasteiger partial charge in [-0.25, -0.2) is 9.48 Å². The number of hydrogen-bond donors (Lipinski definition) is 1. The van der Waals surface area contributed by atoms with Gasteiger partial charge in [0.1, 0.15) is 18.9 Å². The number of allylic oxidation sites excluding steroid dienone is 1. The van der Waals surface area contributed by atoms with Gasteiger partial charge in [-0.2, -0.15) is 0 Å². The van der Waals surface area contributed by atoms with Crippen LogP contribution in [0.3, 0.4) is 0 Å². The third kappa shape index (κ3) is 9.16. The van der Waals surface area contributed by atoms with Crippen molar-refractivity contribution in [3.05, 3.63) is 24.6 Å². The monoisotopic (exact) mass is 391 g/mol. The third-order valence-electron chi connectivity index (χ3n) is 5.60. The van der Waals surface area contributed by atoms with Gasteiger partial charge in [-0.3, -0.25) is 5.73 Å². The minimum Gasteiger partial charge on any atom is -0.544 e. The van der Waals surface area contributed by atoms with Gasteiger partial charge >= 0.3 is 0 Å². The average molecular weight is 392 g/mol. The fraction of sp³-hybridized carbons (Fsp3) is 0.739. The Morgan fingerprint density at radius 1 is 1.07 bits per heavy atom. The quantitative estimate of drug-likeness (QED) is 0.227. The number of quaternary nitrogens is 1. The highest BCUT2D eigenvalue weighted by Crippen LogP contribution is 2.22. The molecule has 1 heterocycles. The number of amidine groups is 1. The summed E-state index contributed by atoms with van der Waals surface area (Å²) in [7, 11) is 0. The number of carboxylic acids is 1. The lowest BCUT2D eigenvalue weighted by Gasteiger charge is -2.35. The first-order valence-electron chi connectivity index (χ1n) is 11.3. The molecular weight excluding hydrogens is 350 g/mol. The highest BCUT2D eigenvalue weighted by Gasteiger charge is 2.38. The van der Waals surface area contributed by atoms with E-state index in [1.807, 2.05) is 6.92 Å². The predicted octanol–water partition coefficient (Wildman–Crippen LogP) is 4.39. The molecule has 0 radical (unpaired) electrons. The lowest BCUT2D eigenvalue weighted by Crippen LogP contribution is -2.60. The number of carbonyl (C=O) groups excluding carboxylic acids is 1. The van der Waals surface area contributed by atoms with Crippen LogP contribution in [0.25, 0.3) is 0 Å². The van der Waals surface area contributed by atoms with Gasteiger partial charge in [0.15, 0.2) is 0 Å². The molecule has 0 aromatic heterocycles. The van der Waals surface area contributed by atoms with Gasteiger partial charge in [0, 0.05) is 6.92 Å². The van der Waals surface area contributed by atoms with Crippen LogP contribution in [0.5, 0.6) is 0 Å². The Labute approximate surface area is 172 Å². The van der Waals surface area contributed by atoms with Crippen molar-refractivity contribution in [1.29, 1.82) is 0 Å². The van der Waals surface area contributed by atoms with Crippen molar-refractivity contribution in [2.75, 3.05) is 6.54 Å². The maximum Gasteiger partial charge on any atom is 0.213 e. The number of carboxylic acid groups (broad SMARTS) is 1. The van der Waals surface area contributed by atoms with Gasteiger partial charge in [0.25, 0.3) is 0 Å². The van der Waals surface area contributed by atoms with Crippen molar-refractivity contribution in [3.8, 4) is 0 Å². The molecule has 0 amide bonds. The molecule has 1 rings (SSSR count). The van der Waals surface area contributed by atoms with E-state index in [0.717, 1.165) is 12.3 Å². The molecule has 0 fully saturated rings. The highest BCUT2D eigenvalue weighted by atomic mass is 16.4. The molecule has 2 atom stereocenters. The number of nitrogens with zero attached hydrogens (tertiary/aromatic N) is 2. The number of rotatable bonds is 17. The van der Waals surface area contributed by atoms with Crippen molar-refractivity contribution in [1.82, 2.24) is 0 Å². The molecule has 0 saturated carbocycles. The molecule has 28 heavy (non-hydrogen) atoms. The van der Waals surface area contributed by atoms with E-state index < -0.39 is 5.97 Å². The van der Waals surface area contributed by atoms with E-state index in [1.54, 1.807) is 12.4 Å². The van der Waals surface area contributed by atoms with Gasteiger partial charge in [-0.1, -0.05) is 83.3 Å². The molecule has 0 aliphatic carbocycles. The van der Waals surface area contributed by atoms with Crippen LogP contribution in [0.1, 0.15) is 97.3 Å². The van der Waals surface area contributed by atoms with Crippen molar-refractivity contribution in [2.45, 2.75) is 103 Å². The Hall–Kier alpha value is -1.46. The van der Waals surface area contributed by atoms with Gasteiger partial charge < -0.3 is 9.90 Å². The molecule has 1 aliphatic heterocycles. The van der Waals surface area contributed by atoms with Crippen LogP contribution >= 0.6 is 0 Å². The predicted molar refractivity (Wildman–Crippen MR) is 115 cm³/mol. The Morgan fingerprint density at radius 3 is 2.18 bits per heavy atom. The number of hydrogen-bond acceptors (Lipinski definition) is 4. The Morgan fingerprint density at radius 2 is 1.64 bits per heavy atom. The van der Waals surface area contributed by atoms with Gasteiger partial charge in [-0.15, -0.1) is 0 Å². The van der Waals surface area contributed by atoms with Gasteiger partial charge in [-0.05, 0) is 12.8 Å². The number of aliphatic imine (C=N–C) groups is 1. The van der Waals surface area contributed by atoms with E-state index in [0.29, 0.717) is 6.42 Å². The Bertz CT molecular complexity index is 526. The van der Waals surface area contributed by atoms with Crippen LogP contribution in [0, 0.1) is 0 Å². The normalized spacial score (nSPS) is 20.0. The SMILES string of the molecule is CCCCCCCCCCCCC/C=C/CC1=NC=C[N+]1(CC(=O)[O-])C(C)N. The summed E-state index contributed by atoms with van der Waals surface area (Å²) in [6.07, 6.45) is 23.9. The minimum absolute atomic E-state index is 0.0606. The Kier molecular flexibility index (Phi) is 12.8. The summed E-state index contributed by atoms with van der Waals surface area (Å²) in [4.78, 5) is 15.5. The van der Waals surface area contributed by atoms with E-state index in [4.69, 9.17) is 5.73 Å². The summed E-state index contributed by atoms with van der Waals surface area (Å²) >= 11 is 0. The maximum absolute atomic E-state index is 11.1. The minimum atomic E-state index is -1.11. The standard InChI is InChI=1S/C23H41N3O2/c1-3-4-5-6-7-8-9-10-11-12-13-14-15-16-17-22-25-18-19-26(22,21(2)24)20-23(27)28/h15-16,18-19,21H,3-14,17,20,24H2,1-2H3/b16-15+. The summed E-state index contributed by atoms with van der Waals surface area (Å²) in [6.45, 7) is 3.90. The zero-order valence-electron chi connectivity index (χ0n) is 18.1. The molecule has 0 bridgehead atoms. The lowest BCUT2D eigenvalue weighted by molar-refractivity contribution is -0.807. The van der Waals surface area contributed by atoms with Crippen LogP contribution in [0.15, 0.2) is 29.5 Å². The van der Waals surface area contributed by atoms with Crippen molar-refractivity contribution in [3.63, 3.8) is 0 Å². The van der Waals surface area contributed by atoms with E-state index in [9.17, 15) is 9.90 Å². The van der Waals surface area contributed by atoms with E-state index in [1.165, 1.54) is 70.6 Å². The second kappa shape index (κ2) is 14.5. The third-order valence-corrected chi connectivity index (χ3v) is 5.60. The number of unbranched alkanes of at least 4 members (excludes halogenated alkanes) is 11. The van der Waals surface area contributed by atoms with Crippen LogP contribution in [-0.4, -0.2) is 29.0 Å². The summed E-state index contributed by atoms with van der Waals surface area (Å²) in [6, 6.07) is 0. The zero-order valence-corrected chi connectivity index (χ0v) is 18.1. The second-order valence-electron chi connectivity index (χ2n) is 8.04. The summed E-state index contributed by atoms with van der Waals surface area (Å²) < 4.78 is 0.0606. The molecule has 160 valence electrons. The first-order chi connectivity index (χ1) is 13.5. The molecule has 0 spiro atoms. The number of nitrogens with two attached hydrogens (primary N) is 1. The molecule has 0 aromatic carbocycles. The average Bonchev–Trinajstić information content (AvgIpc) is 3.05. The number of carbonyl (C=O) groups is 1. The summed E-state index contributed by atoms with van der Waals surface area (Å²) in [5.74, 6) is -0.337. The number of aliphatic carboxylic acids is 1. The van der Waals surface area contributed by atoms with Crippen molar-refractivity contribution >= 4 is 11.8 Å². The first kappa shape index (κ1) is 24.6. The van der Waals surface area contributed by atoms with E-state index in [-0.39, 0.29) is 17.2 Å². The molecule has 1 aliphatic rings. The maximum atomic E-state index is 11.1. The molecule has 2 unspecified atom stereocenters. The first-order valence-corrected chi connectivity index (χ1v) is 11.3. The smallest absolute Gasteiger partial charge is 0.213 e. The van der Waals surface area contributed by atoms with Crippen LogP contribution in [-0.2, 0) is 4.79 Å². The second-order valence-corrected chi connectivity index (χ2v) is 8.04. The zero-order chi connectivity index (χ0) is 20.7. The molecule has 5 heteroatoms. The summed E-state index contributed by atoms with van der Waals surface area (Å²) in [5, 5.41) is 11.1. The van der Waals surface area contributed by atoms with Crippen molar-refractivity contribution < 1.29 is 14.4 Å². The largest absolute Gasteiger partial charge is 0.544 e. The van der Waals surface area contributed by atoms with Gasteiger partial charge in [0.2, 0.25) is 5.84 Å². The lowest BCUT2D eigenvalue weighted by atomic mass is 10.1. The fourth-order valence-electron chi connectivity index (χ4n) is 3.76. The van der Waals surface area contributed by atoms with Gasteiger partial charge in [0.05, 0.1) is 18.6 Å².